The van der Waals surface area contributed by atoms with Gasteiger partial charge in [-0.1, -0.05) is 13.3 Å². The van der Waals surface area contributed by atoms with E-state index >= 15 is 0 Å². The van der Waals surface area contributed by atoms with E-state index in [1.165, 1.54) is 19.3 Å². The monoisotopic (exact) mass is 297 g/mol. The quantitative estimate of drug-likeness (QED) is 0.785. The topological polar surface area (TPSA) is 75.4 Å². The smallest absolute Gasteiger partial charge is 0.240 e. The van der Waals surface area contributed by atoms with Gasteiger partial charge in [-0.25, -0.2) is 13.1 Å². The Kier molecular flexibility index (Phi) is 4.55. The fraction of sp³-hybridized carbons (Fsp3) is 0.571. The van der Waals surface area contributed by atoms with Gasteiger partial charge in [0.25, 0.3) is 0 Å². The molecule has 0 radical (unpaired) electrons. The molecular weight excluding hydrogens is 274 g/mol. The summed E-state index contributed by atoms with van der Waals surface area (Å²) in [7, 11) is -1.47. The SMILES string of the molecule is CCNS(=O)(=O)c1ccc(N)c(N(C)CC2CCC2)c1. The van der Waals surface area contributed by atoms with Gasteiger partial charge in [0.05, 0.1) is 16.3 Å². The highest BCUT2D eigenvalue weighted by Gasteiger charge is 2.21. The van der Waals surface area contributed by atoms with Crippen molar-refractivity contribution in [2.75, 3.05) is 30.8 Å². The number of anilines is 2. The third kappa shape index (κ3) is 3.24. The summed E-state index contributed by atoms with van der Waals surface area (Å²) < 4.78 is 26.6. The van der Waals surface area contributed by atoms with Gasteiger partial charge in [0.15, 0.2) is 0 Å². The fourth-order valence-corrected chi connectivity index (χ4v) is 3.52. The summed E-state index contributed by atoms with van der Waals surface area (Å²) in [5.74, 6) is 0.702. The number of nitrogen functional groups attached to an aromatic ring is 1. The van der Waals surface area contributed by atoms with E-state index in [1.54, 1.807) is 25.1 Å². The third-order valence-corrected chi connectivity index (χ3v) is 5.36. The van der Waals surface area contributed by atoms with E-state index in [2.05, 4.69) is 9.62 Å². The predicted molar refractivity (Wildman–Crippen MR) is 82.3 cm³/mol. The van der Waals surface area contributed by atoms with Crippen LogP contribution in [0.5, 0.6) is 0 Å². The Balaban J connectivity index is 2.23. The molecule has 0 bridgehead atoms. The number of sulfonamides is 1. The Morgan fingerprint density at radius 3 is 2.65 bits per heavy atom. The molecule has 0 saturated heterocycles. The highest BCUT2D eigenvalue weighted by Crippen LogP contribution is 2.31. The van der Waals surface area contributed by atoms with Crippen LogP contribution in [0.25, 0.3) is 0 Å². The first-order valence-corrected chi connectivity index (χ1v) is 8.52. The van der Waals surface area contributed by atoms with E-state index in [4.69, 9.17) is 5.73 Å². The first kappa shape index (κ1) is 15.1. The Morgan fingerprint density at radius 2 is 2.10 bits per heavy atom. The molecule has 0 atom stereocenters. The normalized spacial score (nSPS) is 15.9. The molecule has 1 aliphatic carbocycles. The highest BCUT2D eigenvalue weighted by atomic mass is 32.2. The predicted octanol–water partition coefficient (Wildman–Crippen LogP) is 1.80. The van der Waals surface area contributed by atoms with E-state index < -0.39 is 10.0 Å². The maximum Gasteiger partial charge on any atom is 0.240 e. The van der Waals surface area contributed by atoms with Crippen molar-refractivity contribution in [3.8, 4) is 0 Å². The lowest BCUT2D eigenvalue weighted by atomic mass is 9.85. The lowest BCUT2D eigenvalue weighted by Crippen LogP contribution is -2.30. The zero-order valence-corrected chi connectivity index (χ0v) is 12.9. The molecule has 0 aromatic heterocycles. The van der Waals surface area contributed by atoms with Crippen molar-refractivity contribution in [3.05, 3.63) is 18.2 Å². The van der Waals surface area contributed by atoms with Crippen LogP contribution in [0.2, 0.25) is 0 Å². The molecule has 0 amide bonds. The van der Waals surface area contributed by atoms with Crippen LogP contribution in [0.3, 0.4) is 0 Å². The van der Waals surface area contributed by atoms with Gasteiger partial charge in [0, 0.05) is 20.1 Å². The van der Waals surface area contributed by atoms with Gasteiger partial charge in [-0.15, -0.1) is 0 Å². The summed E-state index contributed by atoms with van der Waals surface area (Å²) in [5, 5.41) is 0. The number of nitrogens with one attached hydrogen (secondary N) is 1. The molecule has 1 aliphatic rings. The second-order valence-electron chi connectivity index (χ2n) is 5.40. The average Bonchev–Trinajstić information content (AvgIpc) is 2.33. The van der Waals surface area contributed by atoms with Crippen molar-refractivity contribution in [3.63, 3.8) is 0 Å². The molecule has 0 spiro atoms. The van der Waals surface area contributed by atoms with E-state index in [0.29, 0.717) is 18.2 Å². The van der Waals surface area contributed by atoms with Crippen molar-refractivity contribution in [1.82, 2.24) is 4.72 Å². The largest absolute Gasteiger partial charge is 0.397 e. The van der Waals surface area contributed by atoms with Gasteiger partial charge in [-0.3, -0.25) is 0 Å². The maximum absolute atomic E-state index is 12.0. The number of nitrogens with zero attached hydrogens (tertiary/aromatic N) is 1. The van der Waals surface area contributed by atoms with E-state index in [-0.39, 0.29) is 4.90 Å². The first-order chi connectivity index (χ1) is 9.44. The lowest BCUT2D eigenvalue weighted by Gasteiger charge is -2.32. The Labute approximate surface area is 121 Å². The van der Waals surface area contributed by atoms with Gasteiger partial charge in [-0.05, 0) is 37.0 Å². The van der Waals surface area contributed by atoms with Gasteiger partial charge >= 0.3 is 0 Å². The van der Waals surface area contributed by atoms with Crippen LogP contribution in [0.15, 0.2) is 23.1 Å². The molecule has 5 nitrogen and oxygen atoms in total. The fourth-order valence-electron chi connectivity index (χ4n) is 2.46. The van der Waals surface area contributed by atoms with Gasteiger partial charge < -0.3 is 10.6 Å². The van der Waals surface area contributed by atoms with Crippen LogP contribution in [0.1, 0.15) is 26.2 Å². The van der Waals surface area contributed by atoms with Crippen LogP contribution in [-0.4, -0.2) is 28.6 Å². The summed E-state index contributed by atoms with van der Waals surface area (Å²) in [6, 6.07) is 4.87. The molecule has 1 fully saturated rings. The Bertz CT molecular complexity index is 568. The van der Waals surface area contributed by atoms with Crippen LogP contribution in [0.4, 0.5) is 11.4 Å². The molecule has 1 aromatic rings. The zero-order chi connectivity index (χ0) is 14.8. The van der Waals surface area contributed by atoms with Crippen molar-refractivity contribution >= 4 is 21.4 Å². The van der Waals surface area contributed by atoms with Crippen molar-refractivity contribution in [2.24, 2.45) is 5.92 Å². The van der Waals surface area contributed by atoms with Crippen molar-refractivity contribution in [2.45, 2.75) is 31.1 Å². The molecule has 0 unspecified atom stereocenters. The van der Waals surface area contributed by atoms with E-state index in [0.717, 1.165) is 12.2 Å². The molecule has 6 heteroatoms. The van der Waals surface area contributed by atoms with Crippen molar-refractivity contribution < 1.29 is 8.42 Å². The lowest BCUT2D eigenvalue weighted by molar-refractivity contribution is 0.321. The van der Waals surface area contributed by atoms with Gasteiger partial charge in [0.1, 0.15) is 0 Å². The standard InChI is InChI=1S/C14H23N3O2S/c1-3-16-20(18,19)12-7-8-13(15)14(9-12)17(2)10-11-5-4-6-11/h7-9,11,16H,3-6,10,15H2,1-2H3. The minimum atomic E-state index is -3.44. The van der Waals surface area contributed by atoms with E-state index in [9.17, 15) is 8.42 Å². The number of hydrogen-bond acceptors (Lipinski definition) is 4. The molecule has 112 valence electrons. The summed E-state index contributed by atoms with van der Waals surface area (Å²) in [4.78, 5) is 2.33. The van der Waals surface area contributed by atoms with E-state index in [1.807, 2.05) is 7.05 Å². The average molecular weight is 297 g/mol. The highest BCUT2D eigenvalue weighted by molar-refractivity contribution is 7.89. The molecule has 1 saturated carbocycles. The molecular formula is C14H23N3O2S. The molecule has 0 heterocycles. The van der Waals surface area contributed by atoms with Gasteiger partial charge in [-0.2, -0.15) is 0 Å². The zero-order valence-electron chi connectivity index (χ0n) is 12.1. The summed E-state index contributed by atoms with van der Waals surface area (Å²) in [6.07, 6.45) is 3.79. The van der Waals surface area contributed by atoms with Crippen LogP contribution in [0, 0.1) is 5.92 Å². The molecule has 1 aromatic carbocycles. The van der Waals surface area contributed by atoms with Gasteiger partial charge in [0.2, 0.25) is 10.0 Å². The second-order valence-corrected chi connectivity index (χ2v) is 7.17. The summed E-state index contributed by atoms with van der Waals surface area (Å²) in [5.41, 5.74) is 7.39. The number of nitrogens with two attached hydrogens (primary N) is 1. The number of rotatable bonds is 6. The molecule has 3 N–H and O–H groups in total. The Morgan fingerprint density at radius 1 is 1.40 bits per heavy atom. The van der Waals surface area contributed by atoms with Crippen LogP contribution in [-0.2, 0) is 10.0 Å². The Hall–Kier alpha value is -1.27. The number of hydrogen-bond donors (Lipinski definition) is 2. The molecule has 20 heavy (non-hydrogen) atoms. The second kappa shape index (κ2) is 6.01. The summed E-state index contributed by atoms with van der Waals surface area (Å²) >= 11 is 0. The van der Waals surface area contributed by atoms with Crippen LogP contribution < -0.4 is 15.4 Å². The minimum Gasteiger partial charge on any atom is -0.397 e. The van der Waals surface area contributed by atoms with Crippen molar-refractivity contribution in [1.29, 1.82) is 0 Å². The third-order valence-electron chi connectivity index (χ3n) is 3.81. The van der Waals surface area contributed by atoms with Crippen LogP contribution >= 0.6 is 0 Å². The molecule has 0 aliphatic heterocycles. The maximum atomic E-state index is 12.0. The molecule has 2 rings (SSSR count). The summed E-state index contributed by atoms with van der Waals surface area (Å²) in [6.45, 7) is 3.06. The number of benzene rings is 1. The first-order valence-electron chi connectivity index (χ1n) is 7.04. The minimum absolute atomic E-state index is 0.268.